The maximum atomic E-state index is 10.9. The molecule has 80 valence electrons. The normalized spacial score (nSPS) is 10.1. The van der Waals surface area contributed by atoms with Crippen molar-refractivity contribution in [3.05, 3.63) is 54.4 Å². The smallest absolute Gasteiger partial charge is 0.135 e. The van der Waals surface area contributed by atoms with E-state index in [-0.39, 0.29) is 5.78 Å². The molecule has 0 aliphatic heterocycles. The van der Waals surface area contributed by atoms with E-state index in [1.165, 1.54) is 0 Å². The van der Waals surface area contributed by atoms with E-state index in [0.717, 1.165) is 16.8 Å². The summed E-state index contributed by atoms with van der Waals surface area (Å²) in [6, 6.07) is 14.0. The average molecular weight is 211 g/mol. The van der Waals surface area contributed by atoms with Crippen molar-refractivity contribution in [2.45, 2.75) is 13.3 Å². The van der Waals surface area contributed by atoms with Crippen LogP contribution in [0, 0.1) is 0 Å². The largest absolute Gasteiger partial charge is 0.300 e. The lowest BCUT2D eigenvalue weighted by Gasteiger charge is -2.02. The van der Waals surface area contributed by atoms with Crippen molar-refractivity contribution < 1.29 is 4.79 Å². The molecule has 2 aromatic rings. The highest BCUT2D eigenvalue weighted by molar-refractivity contribution is 5.77. The van der Waals surface area contributed by atoms with Crippen LogP contribution in [-0.4, -0.2) is 10.8 Å². The molecule has 16 heavy (non-hydrogen) atoms. The number of carbonyl (C=O) groups excluding carboxylic acids is 1. The Hall–Kier alpha value is -1.96. The van der Waals surface area contributed by atoms with Crippen LogP contribution in [0.5, 0.6) is 0 Å². The number of hydrogen-bond acceptors (Lipinski definition) is 2. The molecule has 0 saturated heterocycles. The monoisotopic (exact) mass is 211 g/mol. The van der Waals surface area contributed by atoms with Gasteiger partial charge >= 0.3 is 0 Å². The lowest BCUT2D eigenvalue weighted by molar-refractivity contribution is -0.116. The van der Waals surface area contributed by atoms with Crippen LogP contribution in [0.1, 0.15) is 12.6 Å². The second-order valence-electron chi connectivity index (χ2n) is 3.78. The zero-order valence-corrected chi connectivity index (χ0v) is 9.18. The third-order valence-corrected chi connectivity index (χ3v) is 2.36. The topological polar surface area (TPSA) is 30.0 Å². The van der Waals surface area contributed by atoms with Crippen LogP contribution in [0.25, 0.3) is 11.1 Å². The number of carbonyl (C=O) groups is 1. The number of rotatable bonds is 3. The molecule has 1 aromatic heterocycles. The van der Waals surface area contributed by atoms with Crippen molar-refractivity contribution in [3.63, 3.8) is 0 Å². The fraction of sp³-hybridized carbons (Fsp3) is 0.143. The quantitative estimate of drug-likeness (QED) is 0.781. The summed E-state index contributed by atoms with van der Waals surface area (Å²) in [5.74, 6) is 0.139. The van der Waals surface area contributed by atoms with Crippen LogP contribution >= 0.6 is 0 Å². The number of aromatic nitrogens is 1. The summed E-state index contributed by atoms with van der Waals surface area (Å²) in [7, 11) is 0. The van der Waals surface area contributed by atoms with Crippen molar-refractivity contribution in [2.75, 3.05) is 0 Å². The Balaban J connectivity index is 2.23. The number of benzene rings is 1. The summed E-state index contributed by atoms with van der Waals surface area (Å²) in [5.41, 5.74) is 3.05. The molecule has 0 unspecified atom stereocenters. The first kappa shape index (κ1) is 10.6. The van der Waals surface area contributed by atoms with Gasteiger partial charge in [0.1, 0.15) is 5.78 Å². The average Bonchev–Trinajstić information content (AvgIpc) is 2.30. The van der Waals surface area contributed by atoms with E-state index in [4.69, 9.17) is 0 Å². The van der Waals surface area contributed by atoms with E-state index in [1.54, 1.807) is 6.92 Å². The van der Waals surface area contributed by atoms with E-state index in [0.29, 0.717) is 6.42 Å². The summed E-state index contributed by atoms with van der Waals surface area (Å²) in [4.78, 5) is 15.2. The minimum absolute atomic E-state index is 0.139. The highest BCUT2D eigenvalue weighted by atomic mass is 16.1. The molecule has 0 radical (unpaired) electrons. The Labute approximate surface area is 95.0 Å². The lowest BCUT2D eigenvalue weighted by Crippen LogP contribution is -1.98. The third-order valence-electron chi connectivity index (χ3n) is 2.36. The number of ketones is 1. The maximum absolute atomic E-state index is 10.9. The van der Waals surface area contributed by atoms with Crippen LogP contribution in [0.4, 0.5) is 0 Å². The van der Waals surface area contributed by atoms with Gasteiger partial charge in [-0.3, -0.25) is 9.78 Å². The summed E-state index contributed by atoms with van der Waals surface area (Å²) >= 11 is 0. The molecule has 0 bridgehead atoms. The molecule has 1 heterocycles. The predicted molar refractivity (Wildman–Crippen MR) is 64.1 cm³/mol. The second kappa shape index (κ2) is 4.71. The van der Waals surface area contributed by atoms with Crippen LogP contribution in [0.3, 0.4) is 0 Å². The number of pyridine rings is 1. The van der Waals surface area contributed by atoms with Gasteiger partial charge in [-0.1, -0.05) is 36.4 Å². The first-order valence-electron chi connectivity index (χ1n) is 5.25. The van der Waals surface area contributed by atoms with E-state index in [1.807, 2.05) is 48.7 Å². The molecule has 0 spiro atoms. The van der Waals surface area contributed by atoms with Crippen LogP contribution < -0.4 is 0 Å². The fourth-order valence-corrected chi connectivity index (χ4v) is 1.59. The molecule has 0 fully saturated rings. The first-order valence-corrected chi connectivity index (χ1v) is 5.25. The molecular weight excluding hydrogens is 198 g/mol. The van der Waals surface area contributed by atoms with Gasteiger partial charge in [0.25, 0.3) is 0 Å². The SMILES string of the molecule is CC(=O)Cc1ccc(-c2ccccc2)cn1. The Bertz CT molecular complexity index is 474. The molecule has 2 nitrogen and oxygen atoms in total. The maximum Gasteiger partial charge on any atom is 0.135 e. The molecule has 2 heteroatoms. The first-order chi connectivity index (χ1) is 7.75. The zero-order valence-electron chi connectivity index (χ0n) is 9.18. The standard InChI is InChI=1S/C14H13NO/c1-11(16)9-14-8-7-13(10-15-14)12-5-3-2-4-6-12/h2-8,10H,9H2,1H3. The van der Waals surface area contributed by atoms with Crippen LogP contribution in [0.15, 0.2) is 48.7 Å². The van der Waals surface area contributed by atoms with Gasteiger partial charge in [0.2, 0.25) is 0 Å². The van der Waals surface area contributed by atoms with Crippen molar-refractivity contribution in [1.82, 2.24) is 4.98 Å². The van der Waals surface area contributed by atoms with Gasteiger partial charge in [0.05, 0.1) is 0 Å². The molecule has 0 amide bonds. The molecular formula is C14H13NO. The molecule has 1 aromatic carbocycles. The Morgan fingerprint density at radius 3 is 2.38 bits per heavy atom. The summed E-state index contributed by atoms with van der Waals surface area (Å²) in [5, 5.41) is 0. The Kier molecular flexibility index (Phi) is 3.10. The molecule has 0 atom stereocenters. The van der Waals surface area contributed by atoms with E-state index in [9.17, 15) is 4.79 Å². The molecule has 0 aliphatic carbocycles. The fourth-order valence-electron chi connectivity index (χ4n) is 1.59. The van der Waals surface area contributed by atoms with E-state index >= 15 is 0 Å². The molecule has 0 saturated carbocycles. The van der Waals surface area contributed by atoms with Gasteiger partial charge in [-0.15, -0.1) is 0 Å². The van der Waals surface area contributed by atoms with Crippen molar-refractivity contribution in [2.24, 2.45) is 0 Å². The van der Waals surface area contributed by atoms with E-state index in [2.05, 4.69) is 4.98 Å². The Morgan fingerprint density at radius 1 is 1.06 bits per heavy atom. The third kappa shape index (κ3) is 2.54. The van der Waals surface area contributed by atoms with E-state index < -0.39 is 0 Å². The molecule has 2 rings (SSSR count). The summed E-state index contributed by atoms with van der Waals surface area (Å²) < 4.78 is 0. The zero-order chi connectivity index (χ0) is 11.4. The molecule has 0 aliphatic rings. The highest BCUT2D eigenvalue weighted by Gasteiger charge is 2.00. The lowest BCUT2D eigenvalue weighted by atomic mass is 10.1. The minimum Gasteiger partial charge on any atom is -0.300 e. The second-order valence-corrected chi connectivity index (χ2v) is 3.78. The van der Waals surface area contributed by atoms with Gasteiger partial charge < -0.3 is 0 Å². The number of nitrogens with zero attached hydrogens (tertiary/aromatic N) is 1. The summed E-state index contributed by atoms with van der Waals surface area (Å²) in [6.45, 7) is 1.58. The predicted octanol–water partition coefficient (Wildman–Crippen LogP) is 2.88. The van der Waals surface area contributed by atoms with Crippen LogP contribution in [-0.2, 0) is 11.2 Å². The summed E-state index contributed by atoms with van der Waals surface area (Å²) in [6.07, 6.45) is 2.22. The van der Waals surface area contributed by atoms with Gasteiger partial charge in [-0.2, -0.15) is 0 Å². The van der Waals surface area contributed by atoms with Crippen molar-refractivity contribution in [1.29, 1.82) is 0 Å². The van der Waals surface area contributed by atoms with Gasteiger partial charge in [-0.05, 0) is 18.6 Å². The van der Waals surface area contributed by atoms with Gasteiger partial charge in [-0.25, -0.2) is 0 Å². The highest BCUT2D eigenvalue weighted by Crippen LogP contribution is 2.17. The van der Waals surface area contributed by atoms with Gasteiger partial charge in [0, 0.05) is 23.9 Å². The number of hydrogen-bond donors (Lipinski definition) is 0. The van der Waals surface area contributed by atoms with Crippen molar-refractivity contribution in [3.8, 4) is 11.1 Å². The van der Waals surface area contributed by atoms with Gasteiger partial charge in [0.15, 0.2) is 0 Å². The Morgan fingerprint density at radius 2 is 1.81 bits per heavy atom. The minimum atomic E-state index is 0.139. The van der Waals surface area contributed by atoms with Crippen LogP contribution in [0.2, 0.25) is 0 Å². The molecule has 0 N–H and O–H groups in total. The number of Topliss-reactive ketones (excluding diaryl/α,β-unsaturated/α-hetero) is 1. The van der Waals surface area contributed by atoms with Crippen molar-refractivity contribution >= 4 is 5.78 Å².